The number of rotatable bonds is 6. The second-order valence-electron chi connectivity index (χ2n) is 8.46. The molecule has 1 aromatic carbocycles. The summed E-state index contributed by atoms with van der Waals surface area (Å²) in [4.78, 5) is 16.9. The second kappa shape index (κ2) is 8.93. The predicted octanol–water partition coefficient (Wildman–Crippen LogP) is 4.79. The summed E-state index contributed by atoms with van der Waals surface area (Å²) in [6, 6.07) is 11.1. The molecule has 0 spiro atoms. The van der Waals surface area contributed by atoms with Crippen molar-refractivity contribution >= 4 is 28.6 Å². The zero-order valence-electron chi connectivity index (χ0n) is 18.8. The van der Waals surface area contributed by atoms with Gasteiger partial charge in [-0.05, 0) is 44.0 Å². The first-order valence-corrected chi connectivity index (χ1v) is 11.3. The van der Waals surface area contributed by atoms with E-state index in [0.29, 0.717) is 34.6 Å². The number of H-pyrrole nitrogens is 1. The SMILES string of the molecule is Cc1cc(NC(=O)c2ccc(Oc3ccnc4[nH]nc(NC5CCCCC5)c34)cc2)nn1C. The van der Waals surface area contributed by atoms with Crippen LogP contribution in [0.15, 0.2) is 42.6 Å². The highest BCUT2D eigenvalue weighted by molar-refractivity contribution is 6.03. The Morgan fingerprint density at radius 1 is 1.15 bits per heavy atom. The van der Waals surface area contributed by atoms with Crippen molar-refractivity contribution in [2.24, 2.45) is 7.05 Å². The van der Waals surface area contributed by atoms with Crippen LogP contribution < -0.4 is 15.4 Å². The third kappa shape index (κ3) is 4.52. The van der Waals surface area contributed by atoms with Crippen LogP contribution in [0.25, 0.3) is 11.0 Å². The summed E-state index contributed by atoms with van der Waals surface area (Å²) in [5, 5.41) is 18.9. The van der Waals surface area contributed by atoms with Gasteiger partial charge < -0.3 is 15.4 Å². The topological polar surface area (TPSA) is 110 Å². The Morgan fingerprint density at radius 2 is 1.94 bits per heavy atom. The summed E-state index contributed by atoms with van der Waals surface area (Å²) in [6.45, 7) is 1.93. The Morgan fingerprint density at radius 3 is 2.67 bits per heavy atom. The molecule has 3 heterocycles. The monoisotopic (exact) mass is 445 g/mol. The van der Waals surface area contributed by atoms with Gasteiger partial charge in [-0.1, -0.05) is 19.3 Å². The first-order chi connectivity index (χ1) is 16.1. The number of hydrogen-bond acceptors (Lipinski definition) is 6. The average molecular weight is 446 g/mol. The Kier molecular flexibility index (Phi) is 5.68. The molecular weight excluding hydrogens is 418 g/mol. The maximum absolute atomic E-state index is 12.5. The minimum Gasteiger partial charge on any atom is -0.456 e. The molecular formula is C24H27N7O2. The molecule has 0 aliphatic heterocycles. The number of aryl methyl sites for hydroxylation is 2. The van der Waals surface area contributed by atoms with Crippen molar-refractivity contribution in [3.05, 3.63) is 53.9 Å². The molecule has 4 aromatic rings. The van der Waals surface area contributed by atoms with Crippen LogP contribution in [0.3, 0.4) is 0 Å². The molecule has 3 N–H and O–H groups in total. The number of nitrogens with zero attached hydrogens (tertiary/aromatic N) is 4. The molecule has 1 fully saturated rings. The van der Waals surface area contributed by atoms with Gasteiger partial charge >= 0.3 is 0 Å². The molecule has 1 amide bonds. The smallest absolute Gasteiger partial charge is 0.256 e. The van der Waals surface area contributed by atoms with Gasteiger partial charge in [0.1, 0.15) is 16.9 Å². The van der Waals surface area contributed by atoms with Crippen molar-refractivity contribution in [1.29, 1.82) is 0 Å². The van der Waals surface area contributed by atoms with Crippen LogP contribution in [0.1, 0.15) is 48.2 Å². The lowest BCUT2D eigenvalue weighted by Gasteiger charge is -2.22. The Bertz CT molecular complexity index is 1250. The van der Waals surface area contributed by atoms with E-state index in [1.807, 2.05) is 26.1 Å². The first-order valence-electron chi connectivity index (χ1n) is 11.3. The molecule has 1 saturated carbocycles. The number of nitrogens with one attached hydrogen (secondary N) is 3. The summed E-state index contributed by atoms with van der Waals surface area (Å²) in [6.07, 6.45) is 7.75. The molecule has 9 heteroatoms. The minimum absolute atomic E-state index is 0.222. The fourth-order valence-corrected chi connectivity index (χ4v) is 4.16. The zero-order chi connectivity index (χ0) is 22.8. The van der Waals surface area contributed by atoms with Gasteiger partial charge in [-0.15, -0.1) is 0 Å². The van der Waals surface area contributed by atoms with E-state index in [2.05, 4.69) is 30.9 Å². The molecule has 170 valence electrons. The Labute approximate surface area is 191 Å². The van der Waals surface area contributed by atoms with Crippen molar-refractivity contribution in [1.82, 2.24) is 25.0 Å². The summed E-state index contributed by atoms with van der Waals surface area (Å²) < 4.78 is 7.88. The van der Waals surface area contributed by atoms with Gasteiger partial charge in [0.15, 0.2) is 17.3 Å². The molecule has 9 nitrogen and oxygen atoms in total. The highest BCUT2D eigenvalue weighted by atomic mass is 16.5. The van der Waals surface area contributed by atoms with Crippen molar-refractivity contribution in [3.63, 3.8) is 0 Å². The van der Waals surface area contributed by atoms with Crippen LogP contribution in [-0.4, -0.2) is 36.9 Å². The average Bonchev–Trinajstić information content (AvgIpc) is 3.37. The third-order valence-corrected chi connectivity index (χ3v) is 6.07. The number of pyridine rings is 1. The maximum Gasteiger partial charge on any atom is 0.256 e. The third-order valence-electron chi connectivity index (χ3n) is 6.07. The molecule has 3 aromatic heterocycles. The number of fused-ring (bicyclic) bond motifs is 1. The van der Waals surface area contributed by atoms with Gasteiger partial charge in [0.05, 0.1) is 0 Å². The molecule has 0 radical (unpaired) electrons. The van der Waals surface area contributed by atoms with E-state index in [-0.39, 0.29) is 5.91 Å². The number of aromatic nitrogens is 5. The van der Waals surface area contributed by atoms with Gasteiger partial charge in [-0.25, -0.2) is 4.98 Å². The van der Waals surface area contributed by atoms with Crippen LogP contribution in [0, 0.1) is 6.92 Å². The van der Waals surface area contributed by atoms with Crippen LogP contribution in [0.4, 0.5) is 11.6 Å². The number of anilines is 2. The lowest BCUT2D eigenvalue weighted by molar-refractivity contribution is 0.102. The number of amides is 1. The van der Waals surface area contributed by atoms with Crippen molar-refractivity contribution < 1.29 is 9.53 Å². The number of ether oxygens (including phenoxy) is 1. The summed E-state index contributed by atoms with van der Waals surface area (Å²) in [7, 11) is 1.84. The standard InChI is InChI=1S/C24H27N7O2/c1-15-14-20(30-31(15)2)27-24(32)16-8-10-18(11-9-16)33-19-12-13-25-22-21(19)23(29-28-22)26-17-6-4-3-5-7-17/h8-14,17H,3-7H2,1-2H3,(H,27,30,32)(H2,25,26,28,29). The largest absolute Gasteiger partial charge is 0.456 e. The van der Waals surface area contributed by atoms with E-state index in [1.165, 1.54) is 19.3 Å². The van der Waals surface area contributed by atoms with E-state index < -0.39 is 0 Å². The number of carbonyl (C=O) groups excluding carboxylic acids is 1. The van der Waals surface area contributed by atoms with Gasteiger partial charge in [0, 0.05) is 42.7 Å². The number of benzene rings is 1. The Balaban J connectivity index is 1.32. The zero-order valence-corrected chi connectivity index (χ0v) is 18.8. The van der Waals surface area contributed by atoms with E-state index in [0.717, 1.165) is 29.7 Å². The number of hydrogen-bond donors (Lipinski definition) is 3. The van der Waals surface area contributed by atoms with E-state index in [9.17, 15) is 4.79 Å². The quantitative estimate of drug-likeness (QED) is 0.394. The number of aromatic amines is 1. The fraction of sp³-hybridized carbons (Fsp3) is 0.333. The molecule has 1 aliphatic rings. The van der Waals surface area contributed by atoms with Crippen molar-refractivity contribution in [2.45, 2.75) is 45.1 Å². The minimum atomic E-state index is -0.222. The van der Waals surface area contributed by atoms with E-state index in [1.54, 1.807) is 35.1 Å². The lowest BCUT2D eigenvalue weighted by Crippen LogP contribution is -2.22. The molecule has 0 saturated heterocycles. The van der Waals surface area contributed by atoms with E-state index in [4.69, 9.17) is 4.74 Å². The normalized spacial score (nSPS) is 14.4. The molecule has 5 rings (SSSR count). The molecule has 33 heavy (non-hydrogen) atoms. The molecule has 1 aliphatic carbocycles. The van der Waals surface area contributed by atoms with Gasteiger partial charge in [-0.3, -0.25) is 14.6 Å². The second-order valence-corrected chi connectivity index (χ2v) is 8.46. The van der Waals surface area contributed by atoms with Gasteiger partial charge in [0.2, 0.25) is 0 Å². The molecule has 0 bridgehead atoms. The fourth-order valence-electron chi connectivity index (χ4n) is 4.16. The first kappa shape index (κ1) is 21.0. The summed E-state index contributed by atoms with van der Waals surface area (Å²) in [5.41, 5.74) is 2.16. The van der Waals surface area contributed by atoms with E-state index >= 15 is 0 Å². The Hall–Kier alpha value is -3.88. The van der Waals surface area contributed by atoms with Gasteiger partial charge in [-0.2, -0.15) is 10.2 Å². The highest BCUT2D eigenvalue weighted by Crippen LogP contribution is 2.34. The van der Waals surface area contributed by atoms with Crippen molar-refractivity contribution in [2.75, 3.05) is 10.6 Å². The summed E-state index contributed by atoms with van der Waals surface area (Å²) >= 11 is 0. The predicted molar refractivity (Wildman–Crippen MR) is 127 cm³/mol. The van der Waals surface area contributed by atoms with Crippen LogP contribution in [0.5, 0.6) is 11.5 Å². The van der Waals surface area contributed by atoms with Crippen LogP contribution in [0.2, 0.25) is 0 Å². The summed E-state index contributed by atoms with van der Waals surface area (Å²) in [5.74, 6) is 2.35. The highest BCUT2D eigenvalue weighted by Gasteiger charge is 2.19. The number of carbonyl (C=O) groups is 1. The van der Waals surface area contributed by atoms with Crippen LogP contribution >= 0.6 is 0 Å². The molecule has 0 unspecified atom stereocenters. The van der Waals surface area contributed by atoms with Crippen molar-refractivity contribution in [3.8, 4) is 11.5 Å². The lowest BCUT2D eigenvalue weighted by atomic mass is 9.95. The van der Waals surface area contributed by atoms with Crippen LogP contribution in [-0.2, 0) is 7.05 Å². The van der Waals surface area contributed by atoms with Gasteiger partial charge in [0.25, 0.3) is 5.91 Å². The maximum atomic E-state index is 12.5. The molecule has 0 atom stereocenters.